The van der Waals surface area contributed by atoms with E-state index in [1.807, 2.05) is 32.9 Å². The highest BCUT2D eigenvalue weighted by Crippen LogP contribution is 2.29. The van der Waals surface area contributed by atoms with Gasteiger partial charge in [0.1, 0.15) is 4.90 Å². The van der Waals surface area contributed by atoms with Gasteiger partial charge in [0.25, 0.3) is 10.0 Å². The summed E-state index contributed by atoms with van der Waals surface area (Å²) in [5.41, 5.74) is 1.93. The molecule has 1 N–H and O–H groups in total. The van der Waals surface area contributed by atoms with Crippen LogP contribution in [0.2, 0.25) is 0 Å². The molecule has 0 spiro atoms. The van der Waals surface area contributed by atoms with E-state index in [2.05, 4.69) is 23.7 Å². The van der Waals surface area contributed by atoms with Gasteiger partial charge in [-0.2, -0.15) is 5.10 Å². The summed E-state index contributed by atoms with van der Waals surface area (Å²) in [7, 11) is -1.94. The number of hydrogen-bond donors (Lipinski definition) is 1. The number of aromatic nitrogens is 2. The fourth-order valence-electron chi connectivity index (χ4n) is 2.33. The molecule has 0 unspecified atom stereocenters. The zero-order chi connectivity index (χ0) is 17.4. The van der Waals surface area contributed by atoms with Crippen LogP contribution in [0.3, 0.4) is 0 Å². The van der Waals surface area contributed by atoms with E-state index < -0.39 is 10.0 Å². The fraction of sp³-hybridized carbons (Fsp3) is 0.471. The minimum absolute atomic E-state index is 0.223. The molecule has 23 heavy (non-hydrogen) atoms. The van der Waals surface area contributed by atoms with Gasteiger partial charge in [0.05, 0.1) is 5.69 Å². The van der Waals surface area contributed by atoms with Crippen molar-refractivity contribution >= 4 is 15.7 Å². The third kappa shape index (κ3) is 3.93. The van der Waals surface area contributed by atoms with E-state index in [1.165, 1.54) is 10.2 Å². The molecule has 1 aromatic heterocycles. The number of nitrogens with zero attached hydrogens (tertiary/aromatic N) is 2. The van der Waals surface area contributed by atoms with Gasteiger partial charge in [0.2, 0.25) is 0 Å². The van der Waals surface area contributed by atoms with Crippen LogP contribution in [0.25, 0.3) is 0 Å². The van der Waals surface area contributed by atoms with Gasteiger partial charge in [-0.1, -0.05) is 46.8 Å². The van der Waals surface area contributed by atoms with E-state index >= 15 is 0 Å². The molecule has 2 rings (SSSR count). The lowest BCUT2D eigenvalue weighted by molar-refractivity contribution is 0.539. The smallest absolute Gasteiger partial charge is 0.265 e. The van der Waals surface area contributed by atoms with E-state index in [9.17, 15) is 8.42 Å². The quantitative estimate of drug-likeness (QED) is 0.928. The van der Waals surface area contributed by atoms with Crippen molar-refractivity contribution in [3.63, 3.8) is 0 Å². The average molecular weight is 335 g/mol. The van der Waals surface area contributed by atoms with Gasteiger partial charge in [0, 0.05) is 24.3 Å². The van der Waals surface area contributed by atoms with Gasteiger partial charge in [-0.05, 0) is 23.6 Å². The predicted octanol–water partition coefficient (Wildman–Crippen LogP) is 3.64. The first kappa shape index (κ1) is 17.5. The van der Waals surface area contributed by atoms with Gasteiger partial charge in [-0.3, -0.25) is 9.40 Å². The lowest BCUT2D eigenvalue weighted by Gasteiger charge is -2.18. The zero-order valence-corrected chi connectivity index (χ0v) is 15.4. The van der Waals surface area contributed by atoms with Gasteiger partial charge >= 0.3 is 0 Å². The fourth-order valence-corrected chi connectivity index (χ4v) is 3.78. The first-order valence-corrected chi connectivity index (χ1v) is 9.16. The van der Waals surface area contributed by atoms with Crippen molar-refractivity contribution in [1.82, 2.24) is 9.78 Å². The molecule has 0 amide bonds. The standard InChI is InChI=1S/C17H25N3O2S/c1-12(2)13-7-9-14(10-8-13)19-23(21,22)15-11-20(6)18-16(15)17(3,4)5/h7-12,19H,1-6H3. The molecule has 1 aromatic carbocycles. The van der Waals surface area contributed by atoms with Crippen molar-refractivity contribution in [2.45, 2.75) is 50.8 Å². The second kappa shape index (κ2) is 6.00. The molecule has 126 valence electrons. The molecule has 0 aliphatic rings. The Morgan fingerprint density at radius 1 is 1.13 bits per heavy atom. The van der Waals surface area contributed by atoms with Crippen molar-refractivity contribution in [2.24, 2.45) is 7.05 Å². The molecule has 0 radical (unpaired) electrons. The Hall–Kier alpha value is -1.82. The summed E-state index contributed by atoms with van der Waals surface area (Å²) in [6.07, 6.45) is 1.55. The van der Waals surface area contributed by atoms with Crippen LogP contribution in [-0.2, 0) is 22.5 Å². The van der Waals surface area contributed by atoms with E-state index in [4.69, 9.17) is 0 Å². The highest BCUT2D eigenvalue weighted by molar-refractivity contribution is 7.92. The summed E-state index contributed by atoms with van der Waals surface area (Å²) in [6.45, 7) is 10.1. The maximum atomic E-state index is 12.7. The van der Waals surface area contributed by atoms with Crippen LogP contribution >= 0.6 is 0 Å². The molecule has 0 aliphatic carbocycles. The third-order valence-corrected chi connectivity index (χ3v) is 5.01. The minimum Gasteiger partial charge on any atom is -0.280 e. The van der Waals surface area contributed by atoms with Crippen molar-refractivity contribution in [3.8, 4) is 0 Å². The molecule has 0 aliphatic heterocycles. The predicted molar refractivity (Wildman–Crippen MR) is 93.2 cm³/mol. The highest BCUT2D eigenvalue weighted by Gasteiger charge is 2.29. The van der Waals surface area contributed by atoms with Crippen LogP contribution in [0.5, 0.6) is 0 Å². The molecule has 0 bridgehead atoms. The van der Waals surface area contributed by atoms with Crippen molar-refractivity contribution in [1.29, 1.82) is 0 Å². The van der Waals surface area contributed by atoms with Gasteiger partial charge in [-0.25, -0.2) is 8.42 Å². The van der Waals surface area contributed by atoms with Crippen LogP contribution in [0.15, 0.2) is 35.4 Å². The second-order valence-electron chi connectivity index (χ2n) is 7.15. The normalized spacial score (nSPS) is 12.7. The van der Waals surface area contributed by atoms with Gasteiger partial charge < -0.3 is 0 Å². The van der Waals surface area contributed by atoms with Crippen molar-refractivity contribution < 1.29 is 8.42 Å². The lowest BCUT2D eigenvalue weighted by atomic mass is 9.92. The summed E-state index contributed by atoms with van der Waals surface area (Å²) in [6, 6.07) is 7.47. The largest absolute Gasteiger partial charge is 0.280 e. The van der Waals surface area contributed by atoms with Gasteiger partial charge in [-0.15, -0.1) is 0 Å². The Bertz CT molecular complexity index is 782. The number of anilines is 1. The Kier molecular flexibility index (Phi) is 4.57. The molecular weight excluding hydrogens is 310 g/mol. The summed E-state index contributed by atoms with van der Waals surface area (Å²) >= 11 is 0. The molecule has 5 nitrogen and oxygen atoms in total. The SMILES string of the molecule is CC(C)c1ccc(NS(=O)(=O)c2cn(C)nc2C(C)(C)C)cc1. The molecule has 0 atom stereocenters. The number of sulfonamides is 1. The Morgan fingerprint density at radius 2 is 1.70 bits per heavy atom. The molecule has 2 aromatic rings. The number of hydrogen-bond acceptors (Lipinski definition) is 3. The van der Waals surface area contributed by atoms with Crippen LogP contribution in [-0.4, -0.2) is 18.2 Å². The molecule has 0 saturated heterocycles. The minimum atomic E-state index is -3.67. The number of rotatable bonds is 4. The van der Waals surface area contributed by atoms with E-state index in [0.717, 1.165) is 0 Å². The average Bonchev–Trinajstić information content (AvgIpc) is 2.82. The van der Waals surface area contributed by atoms with Crippen LogP contribution < -0.4 is 4.72 Å². The Morgan fingerprint density at radius 3 is 2.17 bits per heavy atom. The van der Waals surface area contributed by atoms with Crippen LogP contribution in [0.4, 0.5) is 5.69 Å². The van der Waals surface area contributed by atoms with Crippen molar-refractivity contribution in [2.75, 3.05) is 4.72 Å². The number of nitrogens with one attached hydrogen (secondary N) is 1. The number of aryl methyl sites for hydroxylation is 1. The maximum Gasteiger partial charge on any atom is 0.265 e. The summed E-state index contributed by atoms with van der Waals surface area (Å²) in [5, 5.41) is 4.32. The van der Waals surface area contributed by atoms with Crippen LogP contribution in [0, 0.1) is 0 Å². The summed E-state index contributed by atoms with van der Waals surface area (Å²) in [4.78, 5) is 0.223. The molecule has 0 saturated carbocycles. The van der Waals surface area contributed by atoms with Gasteiger partial charge in [0.15, 0.2) is 0 Å². The third-order valence-electron chi connectivity index (χ3n) is 3.62. The second-order valence-corrected chi connectivity index (χ2v) is 8.80. The molecule has 0 fully saturated rings. The molecule has 6 heteroatoms. The monoisotopic (exact) mass is 335 g/mol. The van der Waals surface area contributed by atoms with E-state index in [-0.39, 0.29) is 10.3 Å². The molecular formula is C17H25N3O2S. The van der Waals surface area contributed by atoms with Crippen LogP contribution in [0.1, 0.15) is 51.8 Å². The molecule has 1 heterocycles. The summed E-state index contributed by atoms with van der Waals surface area (Å²) < 4.78 is 29.7. The van der Waals surface area contributed by atoms with E-state index in [1.54, 1.807) is 25.4 Å². The highest BCUT2D eigenvalue weighted by atomic mass is 32.2. The first-order chi connectivity index (χ1) is 10.5. The van der Waals surface area contributed by atoms with Crippen molar-refractivity contribution in [3.05, 3.63) is 41.7 Å². The lowest BCUT2D eigenvalue weighted by Crippen LogP contribution is -2.20. The Balaban J connectivity index is 2.36. The first-order valence-electron chi connectivity index (χ1n) is 7.67. The number of benzene rings is 1. The zero-order valence-electron chi connectivity index (χ0n) is 14.6. The Labute approximate surface area is 138 Å². The van der Waals surface area contributed by atoms with E-state index in [0.29, 0.717) is 17.3 Å². The maximum absolute atomic E-state index is 12.7. The summed E-state index contributed by atoms with van der Waals surface area (Å²) in [5.74, 6) is 0.409. The topological polar surface area (TPSA) is 64.0 Å².